The van der Waals surface area contributed by atoms with Crippen LogP contribution < -0.4 is 19.6 Å². The molecule has 4 rings (SSSR count). The predicted molar refractivity (Wildman–Crippen MR) is 120 cm³/mol. The molecule has 0 aromatic heterocycles. The molecule has 0 aliphatic carbocycles. The van der Waals surface area contributed by atoms with E-state index in [1.807, 2.05) is 30.3 Å². The Morgan fingerprint density at radius 3 is 2.30 bits per heavy atom. The molecule has 0 unspecified atom stereocenters. The molecule has 0 saturated carbocycles. The van der Waals surface area contributed by atoms with Crippen molar-refractivity contribution in [2.45, 2.75) is 12.5 Å². The standard InChI is InChI=1S/C24H21N3O6/c1-32-21-13-12-18(22(24(28)29)23(21)33-2)20-14-19(15-6-4-3-5-7-15)25-26(20)16-8-10-17(11-9-16)27(30)31/h3-13,20H,14H2,1-2H3,(H,28,29)/p-1/t20-/m1/s1. The second-order valence-electron chi connectivity index (χ2n) is 7.30. The van der Waals surface area contributed by atoms with Gasteiger partial charge in [0.15, 0.2) is 11.5 Å². The second kappa shape index (κ2) is 8.99. The molecule has 33 heavy (non-hydrogen) atoms. The van der Waals surface area contributed by atoms with Gasteiger partial charge in [-0.25, -0.2) is 0 Å². The van der Waals surface area contributed by atoms with Crippen molar-refractivity contribution in [3.05, 3.63) is 93.5 Å². The van der Waals surface area contributed by atoms with Crippen molar-refractivity contribution in [1.82, 2.24) is 0 Å². The highest BCUT2D eigenvalue weighted by Crippen LogP contribution is 2.43. The van der Waals surface area contributed by atoms with Gasteiger partial charge in [0.1, 0.15) is 0 Å². The first kappa shape index (κ1) is 21.8. The number of carbonyl (C=O) groups excluding carboxylic acids is 1. The quantitative estimate of drug-likeness (QED) is 0.403. The first-order valence-electron chi connectivity index (χ1n) is 10.1. The molecule has 9 heteroatoms. The lowest BCUT2D eigenvalue weighted by Crippen LogP contribution is -2.28. The average molecular weight is 446 g/mol. The fourth-order valence-corrected chi connectivity index (χ4v) is 3.95. The molecule has 1 aliphatic heterocycles. The topological polar surface area (TPSA) is 117 Å². The summed E-state index contributed by atoms with van der Waals surface area (Å²) < 4.78 is 10.6. The van der Waals surface area contributed by atoms with Crippen LogP contribution in [0.15, 0.2) is 71.8 Å². The van der Waals surface area contributed by atoms with Gasteiger partial charge in [-0.15, -0.1) is 0 Å². The summed E-state index contributed by atoms with van der Waals surface area (Å²) in [4.78, 5) is 22.8. The van der Waals surface area contributed by atoms with Crippen molar-refractivity contribution in [2.24, 2.45) is 5.10 Å². The van der Waals surface area contributed by atoms with E-state index in [0.717, 1.165) is 11.3 Å². The van der Waals surface area contributed by atoms with Gasteiger partial charge in [-0.3, -0.25) is 15.1 Å². The molecule has 168 valence electrons. The Morgan fingerprint density at radius 2 is 1.73 bits per heavy atom. The van der Waals surface area contributed by atoms with E-state index in [-0.39, 0.29) is 22.7 Å². The minimum Gasteiger partial charge on any atom is -0.545 e. The van der Waals surface area contributed by atoms with Crippen molar-refractivity contribution in [2.75, 3.05) is 19.2 Å². The number of non-ortho nitro benzene ring substituents is 1. The minimum atomic E-state index is -1.41. The van der Waals surface area contributed by atoms with Crippen LogP contribution in [0.25, 0.3) is 0 Å². The Balaban J connectivity index is 1.86. The molecule has 0 N–H and O–H groups in total. The van der Waals surface area contributed by atoms with E-state index in [9.17, 15) is 20.0 Å². The number of carboxylic acid groups (broad SMARTS) is 1. The third-order valence-electron chi connectivity index (χ3n) is 5.48. The summed E-state index contributed by atoms with van der Waals surface area (Å²) in [5.74, 6) is -1.08. The molecule has 0 bridgehead atoms. The van der Waals surface area contributed by atoms with E-state index in [4.69, 9.17) is 14.6 Å². The number of rotatable bonds is 7. The van der Waals surface area contributed by atoms with Crippen LogP contribution in [0.2, 0.25) is 0 Å². The first-order valence-corrected chi connectivity index (χ1v) is 10.1. The first-order chi connectivity index (χ1) is 15.9. The lowest BCUT2D eigenvalue weighted by molar-refractivity contribution is -0.384. The Hall–Kier alpha value is -4.40. The van der Waals surface area contributed by atoms with Crippen LogP contribution in [-0.2, 0) is 0 Å². The number of nitrogens with zero attached hydrogens (tertiary/aromatic N) is 3. The molecule has 0 spiro atoms. The molecule has 1 heterocycles. The van der Waals surface area contributed by atoms with Crippen LogP contribution in [0.1, 0.15) is 33.9 Å². The molecule has 1 atom stereocenters. The molecular formula is C24H20N3O6-. The number of anilines is 1. The maximum absolute atomic E-state index is 12.2. The number of hydrogen-bond donors (Lipinski definition) is 0. The fraction of sp³-hybridized carbons (Fsp3) is 0.167. The van der Waals surface area contributed by atoms with E-state index >= 15 is 0 Å². The van der Waals surface area contributed by atoms with E-state index in [1.165, 1.54) is 26.4 Å². The Labute approximate surface area is 189 Å². The zero-order chi connectivity index (χ0) is 23.5. The van der Waals surface area contributed by atoms with Gasteiger partial charge >= 0.3 is 0 Å². The van der Waals surface area contributed by atoms with Gasteiger partial charge in [-0.05, 0) is 29.3 Å². The van der Waals surface area contributed by atoms with Crippen LogP contribution in [0.5, 0.6) is 11.5 Å². The summed E-state index contributed by atoms with van der Waals surface area (Å²) >= 11 is 0. The Bertz CT molecular complexity index is 1220. The lowest BCUT2D eigenvalue weighted by Gasteiger charge is -2.27. The highest BCUT2D eigenvalue weighted by atomic mass is 16.6. The van der Waals surface area contributed by atoms with Crippen molar-refractivity contribution < 1.29 is 24.3 Å². The minimum absolute atomic E-state index is 0.0525. The van der Waals surface area contributed by atoms with Gasteiger partial charge in [0.05, 0.1) is 42.6 Å². The van der Waals surface area contributed by atoms with Crippen molar-refractivity contribution in [1.29, 1.82) is 0 Å². The van der Waals surface area contributed by atoms with E-state index in [0.29, 0.717) is 17.7 Å². The molecular weight excluding hydrogens is 426 g/mol. The van der Waals surface area contributed by atoms with E-state index in [2.05, 4.69) is 0 Å². The zero-order valence-corrected chi connectivity index (χ0v) is 17.9. The number of hydrogen-bond acceptors (Lipinski definition) is 8. The van der Waals surface area contributed by atoms with Gasteiger partial charge in [0.25, 0.3) is 5.69 Å². The monoisotopic (exact) mass is 446 g/mol. The third-order valence-corrected chi connectivity index (χ3v) is 5.48. The molecule has 3 aromatic rings. The number of carbonyl (C=O) groups is 1. The maximum Gasteiger partial charge on any atom is 0.269 e. The van der Waals surface area contributed by atoms with Gasteiger partial charge in [0.2, 0.25) is 0 Å². The number of methoxy groups -OCH3 is 2. The average Bonchev–Trinajstić information content (AvgIpc) is 3.28. The molecule has 3 aromatic carbocycles. The number of ether oxygens (including phenoxy) is 2. The van der Waals surface area contributed by atoms with E-state index < -0.39 is 16.9 Å². The van der Waals surface area contributed by atoms with Crippen molar-refractivity contribution >= 4 is 23.1 Å². The predicted octanol–water partition coefficient (Wildman–Crippen LogP) is 3.33. The third kappa shape index (κ3) is 4.08. The smallest absolute Gasteiger partial charge is 0.269 e. The number of benzene rings is 3. The fourth-order valence-electron chi connectivity index (χ4n) is 3.95. The van der Waals surface area contributed by atoms with Crippen molar-refractivity contribution in [3.8, 4) is 11.5 Å². The summed E-state index contributed by atoms with van der Waals surface area (Å²) in [6, 6.07) is 18.2. The normalized spacial score (nSPS) is 15.2. The lowest BCUT2D eigenvalue weighted by atomic mass is 9.93. The molecule has 9 nitrogen and oxygen atoms in total. The largest absolute Gasteiger partial charge is 0.545 e. The maximum atomic E-state index is 12.2. The van der Waals surface area contributed by atoms with Gasteiger partial charge in [-0.1, -0.05) is 36.4 Å². The van der Waals surface area contributed by atoms with E-state index in [1.54, 1.807) is 29.3 Å². The van der Waals surface area contributed by atoms with Crippen LogP contribution in [0, 0.1) is 10.1 Å². The Kier molecular flexibility index (Phi) is 5.95. The highest BCUT2D eigenvalue weighted by molar-refractivity contribution is 6.04. The SMILES string of the molecule is COc1ccc([C@H]2CC(c3ccccc3)=NN2c2ccc([N+](=O)[O-])cc2)c(C(=O)[O-])c1OC. The summed E-state index contributed by atoms with van der Waals surface area (Å²) in [5.41, 5.74) is 2.47. The summed E-state index contributed by atoms with van der Waals surface area (Å²) in [6.45, 7) is 0. The second-order valence-corrected chi connectivity index (χ2v) is 7.30. The van der Waals surface area contributed by atoms with Crippen molar-refractivity contribution in [3.63, 3.8) is 0 Å². The van der Waals surface area contributed by atoms with Crippen LogP contribution >= 0.6 is 0 Å². The van der Waals surface area contributed by atoms with Crippen LogP contribution in [0.3, 0.4) is 0 Å². The van der Waals surface area contributed by atoms with Gasteiger partial charge in [-0.2, -0.15) is 5.10 Å². The van der Waals surface area contributed by atoms with Gasteiger partial charge in [0, 0.05) is 24.1 Å². The van der Waals surface area contributed by atoms with Crippen LogP contribution in [0.4, 0.5) is 11.4 Å². The van der Waals surface area contributed by atoms with Crippen LogP contribution in [-0.4, -0.2) is 30.8 Å². The Morgan fingerprint density at radius 1 is 1.03 bits per heavy atom. The number of nitro groups is 1. The zero-order valence-electron chi connectivity index (χ0n) is 17.9. The number of nitro benzene ring substituents is 1. The number of carboxylic acids is 1. The summed E-state index contributed by atoms with van der Waals surface area (Å²) in [6.07, 6.45) is 0.400. The molecule has 0 saturated heterocycles. The summed E-state index contributed by atoms with van der Waals surface area (Å²) in [5, 5.41) is 29.7. The molecule has 0 radical (unpaired) electrons. The summed E-state index contributed by atoms with van der Waals surface area (Å²) in [7, 11) is 2.79. The molecule has 0 amide bonds. The highest BCUT2D eigenvalue weighted by Gasteiger charge is 2.33. The number of aromatic carboxylic acids is 1. The number of hydrazone groups is 1. The molecule has 1 aliphatic rings. The van der Waals surface area contributed by atoms with Gasteiger partial charge < -0.3 is 19.4 Å². The molecule has 0 fully saturated rings.